The highest BCUT2D eigenvalue weighted by Gasteiger charge is 2.19. The minimum absolute atomic E-state index is 0.777. The van der Waals surface area contributed by atoms with Gasteiger partial charge >= 0.3 is 0 Å². The summed E-state index contributed by atoms with van der Waals surface area (Å²) in [6.07, 6.45) is 1.10. The molecule has 5 nitrogen and oxygen atoms in total. The van der Waals surface area contributed by atoms with Crippen molar-refractivity contribution < 1.29 is 9.47 Å². The molecule has 2 heterocycles. The molecule has 1 fully saturated rings. The van der Waals surface area contributed by atoms with E-state index >= 15 is 0 Å². The number of aromatic nitrogens is 1. The minimum atomic E-state index is 0.777. The van der Waals surface area contributed by atoms with Gasteiger partial charge in [0.25, 0.3) is 0 Å². The molecule has 1 aliphatic rings. The van der Waals surface area contributed by atoms with Gasteiger partial charge in [-0.05, 0) is 36.2 Å². The van der Waals surface area contributed by atoms with Crippen molar-refractivity contribution in [3.63, 3.8) is 0 Å². The van der Waals surface area contributed by atoms with E-state index in [1.54, 1.807) is 14.2 Å². The summed E-state index contributed by atoms with van der Waals surface area (Å²) in [4.78, 5) is 10.1. The lowest BCUT2D eigenvalue weighted by Crippen LogP contribution is -2.47. The van der Waals surface area contributed by atoms with Crippen molar-refractivity contribution in [3.8, 4) is 22.6 Å². The smallest absolute Gasteiger partial charge is 0.130 e. The van der Waals surface area contributed by atoms with E-state index in [0.717, 1.165) is 78.5 Å². The van der Waals surface area contributed by atoms with E-state index in [-0.39, 0.29) is 0 Å². The predicted octanol–water partition coefficient (Wildman–Crippen LogP) is 5.28. The quantitative estimate of drug-likeness (QED) is 0.380. The van der Waals surface area contributed by atoms with E-state index in [2.05, 4.69) is 70.5 Å². The average Bonchev–Trinajstić information content (AvgIpc) is 2.92. The first kappa shape index (κ1) is 22.2. The summed E-state index contributed by atoms with van der Waals surface area (Å²) >= 11 is 0. The summed E-state index contributed by atoms with van der Waals surface area (Å²) < 4.78 is 11.1. The molecule has 0 atom stereocenters. The van der Waals surface area contributed by atoms with E-state index in [4.69, 9.17) is 14.5 Å². The molecule has 0 amide bonds. The van der Waals surface area contributed by atoms with E-state index < -0.39 is 0 Å². The minimum Gasteiger partial charge on any atom is -0.497 e. The van der Waals surface area contributed by atoms with Crippen LogP contribution in [0.15, 0.2) is 78.9 Å². The molecule has 1 aliphatic heterocycles. The lowest BCUT2D eigenvalue weighted by atomic mass is 10.0. The highest BCUT2D eigenvalue weighted by molar-refractivity contribution is 5.96. The molecule has 0 N–H and O–H groups in total. The van der Waals surface area contributed by atoms with Gasteiger partial charge in [-0.3, -0.25) is 4.90 Å². The Morgan fingerprint density at radius 1 is 0.765 bits per heavy atom. The van der Waals surface area contributed by atoms with Crippen LogP contribution in [0.5, 0.6) is 11.5 Å². The normalized spacial score (nSPS) is 14.4. The Kier molecular flexibility index (Phi) is 6.63. The Bertz CT molecular complexity index is 1250. The van der Waals surface area contributed by atoms with Gasteiger partial charge < -0.3 is 14.4 Å². The number of piperazine rings is 1. The average molecular weight is 454 g/mol. The van der Waals surface area contributed by atoms with Gasteiger partial charge in [0.05, 0.1) is 19.7 Å². The molecule has 5 heteroatoms. The van der Waals surface area contributed by atoms with Gasteiger partial charge in [-0.2, -0.15) is 0 Å². The molecule has 4 aromatic rings. The zero-order chi connectivity index (χ0) is 23.3. The first-order valence-corrected chi connectivity index (χ1v) is 11.9. The molecule has 0 radical (unpaired) electrons. The Morgan fingerprint density at radius 2 is 1.59 bits per heavy atom. The molecule has 174 valence electrons. The second kappa shape index (κ2) is 10.1. The molecule has 1 saturated heterocycles. The predicted molar refractivity (Wildman–Crippen MR) is 139 cm³/mol. The highest BCUT2D eigenvalue weighted by atomic mass is 16.5. The lowest BCUT2D eigenvalue weighted by Gasteiger charge is -2.35. The van der Waals surface area contributed by atoms with Crippen LogP contribution in [0.3, 0.4) is 0 Å². The largest absolute Gasteiger partial charge is 0.497 e. The van der Waals surface area contributed by atoms with Crippen molar-refractivity contribution >= 4 is 16.7 Å². The number of anilines is 1. The molecule has 34 heavy (non-hydrogen) atoms. The summed E-state index contributed by atoms with van der Waals surface area (Å²) in [6, 6.07) is 27.3. The van der Waals surface area contributed by atoms with Crippen LogP contribution < -0.4 is 14.4 Å². The van der Waals surface area contributed by atoms with Crippen LogP contribution in [0.4, 0.5) is 5.82 Å². The van der Waals surface area contributed by atoms with Crippen molar-refractivity contribution in [2.45, 2.75) is 6.42 Å². The van der Waals surface area contributed by atoms with Gasteiger partial charge in [-0.1, -0.05) is 48.5 Å². The van der Waals surface area contributed by atoms with Gasteiger partial charge in [0.1, 0.15) is 17.3 Å². The molecule has 0 saturated carbocycles. The van der Waals surface area contributed by atoms with Crippen LogP contribution >= 0.6 is 0 Å². The van der Waals surface area contributed by atoms with E-state index in [1.807, 2.05) is 18.2 Å². The van der Waals surface area contributed by atoms with Crippen LogP contribution in [0.25, 0.3) is 22.0 Å². The second-order valence-corrected chi connectivity index (χ2v) is 8.68. The summed E-state index contributed by atoms with van der Waals surface area (Å²) in [7, 11) is 3.36. The van der Waals surface area contributed by atoms with Crippen LogP contribution in [-0.2, 0) is 6.42 Å². The number of hydrogen-bond acceptors (Lipinski definition) is 5. The Labute approximate surface area is 201 Å². The summed E-state index contributed by atoms with van der Waals surface area (Å²) in [5, 5.41) is 1.13. The fourth-order valence-electron chi connectivity index (χ4n) is 4.68. The highest BCUT2D eigenvalue weighted by Crippen LogP contribution is 2.37. The van der Waals surface area contributed by atoms with E-state index in [1.165, 1.54) is 5.56 Å². The molecule has 3 aromatic carbocycles. The molecular weight excluding hydrogens is 422 g/mol. The summed E-state index contributed by atoms with van der Waals surface area (Å²) in [5.41, 5.74) is 4.49. The van der Waals surface area contributed by atoms with Gasteiger partial charge in [0.2, 0.25) is 0 Å². The molecular formula is C29H31N3O2. The Morgan fingerprint density at radius 3 is 2.35 bits per heavy atom. The maximum atomic E-state index is 5.68. The number of benzene rings is 3. The zero-order valence-corrected chi connectivity index (χ0v) is 19.9. The van der Waals surface area contributed by atoms with E-state index in [9.17, 15) is 0 Å². The molecule has 1 aromatic heterocycles. The fraction of sp³-hybridized carbons (Fsp3) is 0.276. The SMILES string of the molecule is COc1ccc(-c2cccc3ccc(N4CCN(CCc5ccccc5)CC4)nc23)c(OC)c1. The number of para-hydroxylation sites is 1. The van der Waals surface area contributed by atoms with Crippen LogP contribution in [-0.4, -0.2) is 56.8 Å². The van der Waals surface area contributed by atoms with Gasteiger partial charge in [0.15, 0.2) is 0 Å². The number of nitrogens with zero attached hydrogens (tertiary/aromatic N) is 3. The number of rotatable bonds is 7. The maximum absolute atomic E-state index is 5.68. The van der Waals surface area contributed by atoms with Gasteiger partial charge in [0, 0.05) is 55.3 Å². The first-order chi connectivity index (χ1) is 16.7. The topological polar surface area (TPSA) is 37.8 Å². The van der Waals surface area contributed by atoms with Crippen molar-refractivity contribution in [1.29, 1.82) is 0 Å². The van der Waals surface area contributed by atoms with Crippen LogP contribution in [0.2, 0.25) is 0 Å². The van der Waals surface area contributed by atoms with Crippen LogP contribution in [0.1, 0.15) is 5.56 Å². The maximum Gasteiger partial charge on any atom is 0.130 e. The van der Waals surface area contributed by atoms with Crippen molar-refractivity contribution in [3.05, 3.63) is 84.4 Å². The number of pyridine rings is 1. The monoisotopic (exact) mass is 453 g/mol. The molecule has 0 bridgehead atoms. The third-order valence-corrected chi connectivity index (χ3v) is 6.66. The molecule has 0 unspecified atom stereocenters. The van der Waals surface area contributed by atoms with Gasteiger partial charge in [-0.15, -0.1) is 0 Å². The third kappa shape index (κ3) is 4.70. The Hall–Kier alpha value is -3.57. The lowest BCUT2D eigenvalue weighted by molar-refractivity contribution is 0.260. The van der Waals surface area contributed by atoms with Crippen molar-refractivity contribution in [2.75, 3.05) is 51.8 Å². The number of fused-ring (bicyclic) bond motifs is 1. The zero-order valence-electron chi connectivity index (χ0n) is 19.9. The molecule has 0 aliphatic carbocycles. The Balaban J connectivity index is 1.35. The van der Waals surface area contributed by atoms with Crippen molar-refractivity contribution in [1.82, 2.24) is 9.88 Å². The number of ether oxygens (including phenoxy) is 2. The fourth-order valence-corrected chi connectivity index (χ4v) is 4.68. The van der Waals surface area contributed by atoms with Crippen LogP contribution in [0, 0.1) is 0 Å². The second-order valence-electron chi connectivity index (χ2n) is 8.68. The first-order valence-electron chi connectivity index (χ1n) is 11.9. The van der Waals surface area contributed by atoms with Gasteiger partial charge in [-0.25, -0.2) is 4.98 Å². The number of methoxy groups -OCH3 is 2. The van der Waals surface area contributed by atoms with E-state index in [0.29, 0.717) is 0 Å². The summed E-state index contributed by atoms with van der Waals surface area (Å²) in [6.45, 7) is 5.19. The molecule has 0 spiro atoms. The third-order valence-electron chi connectivity index (χ3n) is 6.66. The standard InChI is InChI=1S/C29H31N3O2/c1-33-24-12-13-25(27(21-24)34-2)26-10-6-9-23-11-14-28(30-29(23)26)32-19-17-31(18-20-32)16-15-22-7-4-3-5-8-22/h3-14,21H,15-20H2,1-2H3. The van der Waals surface area contributed by atoms with Crippen molar-refractivity contribution in [2.24, 2.45) is 0 Å². The summed E-state index contributed by atoms with van der Waals surface area (Å²) in [5.74, 6) is 2.60. The molecule has 5 rings (SSSR count). The number of hydrogen-bond donors (Lipinski definition) is 0.